The van der Waals surface area contributed by atoms with E-state index >= 15 is 0 Å². The van der Waals surface area contributed by atoms with Crippen molar-refractivity contribution in [2.45, 2.75) is 4.90 Å². The zero-order valence-electron chi connectivity index (χ0n) is 19.5. The topological polar surface area (TPSA) is 142 Å². The summed E-state index contributed by atoms with van der Waals surface area (Å²) in [6.45, 7) is 0. The third-order valence-corrected chi connectivity index (χ3v) is 6.41. The number of methoxy groups -OCH3 is 3. The van der Waals surface area contributed by atoms with Crippen LogP contribution >= 0.6 is 0 Å². The molecule has 186 valence electrons. The molecule has 36 heavy (non-hydrogen) atoms. The van der Waals surface area contributed by atoms with Gasteiger partial charge in [0.25, 0.3) is 15.9 Å². The first kappa shape index (κ1) is 24.5. The Morgan fingerprint density at radius 3 is 2.08 bits per heavy atom. The maximum Gasteiger partial charge on any atom is 0.322 e. The number of aromatic nitrogens is 2. The highest BCUT2D eigenvalue weighted by Gasteiger charge is 2.19. The summed E-state index contributed by atoms with van der Waals surface area (Å²) < 4.78 is 48.9. The van der Waals surface area contributed by atoms with Crippen LogP contribution < -0.4 is 24.2 Å². The number of hydrogen-bond acceptors (Lipinski definition) is 9. The number of ether oxygens (including phenoxy) is 3. The first-order chi connectivity index (χ1) is 17.3. The van der Waals surface area contributed by atoms with Crippen LogP contribution in [0.1, 0.15) is 10.4 Å². The number of carbonyl (C=O) groups excluding carboxylic acids is 1. The van der Waals surface area contributed by atoms with E-state index in [1.807, 2.05) is 0 Å². The van der Waals surface area contributed by atoms with E-state index in [-0.39, 0.29) is 22.4 Å². The maximum atomic E-state index is 12.6. The van der Waals surface area contributed by atoms with Crippen LogP contribution in [0.4, 0.5) is 11.7 Å². The van der Waals surface area contributed by atoms with Gasteiger partial charge in [0.15, 0.2) is 11.5 Å². The van der Waals surface area contributed by atoms with Crippen molar-refractivity contribution in [2.24, 2.45) is 0 Å². The Kier molecular flexibility index (Phi) is 7.06. The molecule has 0 atom stereocenters. The Morgan fingerprint density at radius 2 is 1.50 bits per heavy atom. The number of benzene rings is 3. The number of carbonyl (C=O) groups is 1. The summed E-state index contributed by atoms with van der Waals surface area (Å²) >= 11 is 0. The van der Waals surface area contributed by atoms with Gasteiger partial charge >= 0.3 is 6.01 Å². The van der Waals surface area contributed by atoms with Crippen LogP contribution in [-0.2, 0) is 10.0 Å². The van der Waals surface area contributed by atoms with Gasteiger partial charge < -0.3 is 18.6 Å². The van der Waals surface area contributed by atoms with Crippen molar-refractivity contribution in [3.8, 4) is 28.7 Å². The van der Waals surface area contributed by atoms with Gasteiger partial charge in [0.05, 0.1) is 26.2 Å². The molecule has 1 amide bonds. The quantitative estimate of drug-likeness (QED) is 0.344. The molecule has 0 radical (unpaired) electrons. The number of hydrogen-bond donors (Lipinski definition) is 2. The zero-order valence-corrected chi connectivity index (χ0v) is 20.3. The summed E-state index contributed by atoms with van der Waals surface area (Å²) in [6.07, 6.45) is 0. The number of nitrogens with one attached hydrogen (secondary N) is 2. The predicted octanol–water partition coefficient (Wildman–Crippen LogP) is 3.82. The third kappa shape index (κ3) is 5.23. The lowest BCUT2D eigenvalue weighted by Crippen LogP contribution is -2.14. The molecule has 3 aromatic carbocycles. The zero-order chi connectivity index (χ0) is 25.7. The molecule has 4 rings (SSSR count). The molecule has 0 bridgehead atoms. The average molecular weight is 511 g/mol. The minimum Gasteiger partial charge on any atom is -0.493 e. The Bertz CT molecular complexity index is 1450. The summed E-state index contributed by atoms with van der Waals surface area (Å²) in [6, 6.07) is 17.0. The lowest BCUT2D eigenvalue weighted by Gasteiger charge is -2.12. The minimum absolute atomic E-state index is 0.121. The summed E-state index contributed by atoms with van der Waals surface area (Å²) in [5.74, 6) is 0.811. The second kappa shape index (κ2) is 10.4. The van der Waals surface area contributed by atoms with Crippen LogP contribution in [0.5, 0.6) is 17.2 Å². The minimum atomic E-state index is -3.74. The fraction of sp³-hybridized carbons (Fsp3) is 0.125. The van der Waals surface area contributed by atoms with Gasteiger partial charge in [-0.3, -0.25) is 14.8 Å². The normalized spacial score (nSPS) is 11.0. The van der Waals surface area contributed by atoms with Gasteiger partial charge in [0.2, 0.25) is 11.6 Å². The molecule has 0 unspecified atom stereocenters. The van der Waals surface area contributed by atoms with Gasteiger partial charge in [0.1, 0.15) is 0 Å². The average Bonchev–Trinajstić information content (AvgIpc) is 3.36. The lowest BCUT2D eigenvalue weighted by atomic mass is 10.2. The molecule has 0 saturated heterocycles. The lowest BCUT2D eigenvalue weighted by molar-refractivity contribution is 0.102. The van der Waals surface area contributed by atoms with Crippen LogP contribution in [0.2, 0.25) is 0 Å². The molecule has 0 aliphatic carbocycles. The van der Waals surface area contributed by atoms with Crippen LogP contribution in [-0.4, -0.2) is 45.9 Å². The summed E-state index contributed by atoms with van der Waals surface area (Å²) in [5.41, 5.74) is 1.05. The molecule has 0 fully saturated rings. The van der Waals surface area contributed by atoms with E-state index in [2.05, 4.69) is 20.2 Å². The molecule has 0 spiro atoms. The molecule has 4 aromatic rings. The van der Waals surface area contributed by atoms with Gasteiger partial charge in [-0.15, -0.1) is 5.10 Å². The van der Waals surface area contributed by atoms with Gasteiger partial charge in [-0.25, -0.2) is 8.42 Å². The highest BCUT2D eigenvalue weighted by molar-refractivity contribution is 7.92. The number of anilines is 2. The number of amides is 1. The van der Waals surface area contributed by atoms with Crippen molar-refractivity contribution in [3.05, 3.63) is 72.3 Å². The van der Waals surface area contributed by atoms with Crippen molar-refractivity contribution in [2.75, 3.05) is 31.4 Å². The van der Waals surface area contributed by atoms with Crippen LogP contribution in [0.3, 0.4) is 0 Å². The Labute approximate surface area is 207 Å². The molecule has 2 N–H and O–H groups in total. The van der Waals surface area contributed by atoms with E-state index in [0.29, 0.717) is 28.5 Å². The van der Waals surface area contributed by atoms with Gasteiger partial charge in [0, 0.05) is 16.8 Å². The fourth-order valence-corrected chi connectivity index (χ4v) is 4.35. The standard InChI is InChI=1S/C24H22N4O7S/c1-32-19-13-16(14-20(33-2)21(19)34-3)23-26-27-24(35-23)25-22(29)15-9-11-17(12-10-15)28-36(30,31)18-7-5-4-6-8-18/h4-14,28H,1-3H3,(H,25,27,29). The van der Waals surface area contributed by atoms with Crippen molar-refractivity contribution in [3.63, 3.8) is 0 Å². The van der Waals surface area contributed by atoms with Gasteiger partial charge in [-0.05, 0) is 48.5 Å². The molecular weight excluding hydrogens is 488 g/mol. The van der Waals surface area contributed by atoms with Crippen molar-refractivity contribution in [1.29, 1.82) is 0 Å². The largest absolute Gasteiger partial charge is 0.493 e. The van der Waals surface area contributed by atoms with Crippen molar-refractivity contribution >= 4 is 27.6 Å². The monoisotopic (exact) mass is 510 g/mol. The Morgan fingerprint density at radius 1 is 0.861 bits per heavy atom. The molecule has 0 saturated carbocycles. The van der Waals surface area contributed by atoms with Crippen LogP contribution in [0.25, 0.3) is 11.5 Å². The number of sulfonamides is 1. The van der Waals surface area contributed by atoms with E-state index in [9.17, 15) is 13.2 Å². The molecule has 1 heterocycles. The van der Waals surface area contributed by atoms with Crippen molar-refractivity contribution < 1.29 is 31.8 Å². The summed E-state index contributed by atoms with van der Waals surface area (Å²) in [5, 5.41) is 10.3. The highest BCUT2D eigenvalue weighted by Crippen LogP contribution is 2.41. The van der Waals surface area contributed by atoms with Crippen LogP contribution in [0.15, 0.2) is 76.0 Å². The number of nitrogens with zero attached hydrogens (tertiary/aromatic N) is 2. The second-order valence-corrected chi connectivity index (χ2v) is 8.96. The Hall–Kier alpha value is -4.58. The second-order valence-electron chi connectivity index (χ2n) is 7.28. The predicted molar refractivity (Wildman–Crippen MR) is 131 cm³/mol. The van der Waals surface area contributed by atoms with Gasteiger partial charge in [-0.1, -0.05) is 23.3 Å². The molecule has 11 nitrogen and oxygen atoms in total. The summed E-state index contributed by atoms with van der Waals surface area (Å²) in [7, 11) is 0.718. The molecule has 0 aliphatic rings. The fourth-order valence-electron chi connectivity index (χ4n) is 3.27. The van der Waals surface area contributed by atoms with Gasteiger partial charge in [-0.2, -0.15) is 0 Å². The van der Waals surface area contributed by atoms with E-state index in [0.717, 1.165) is 0 Å². The molecule has 1 aromatic heterocycles. The molecule has 12 heteroatoms. The smallest absolute Gasteiger partial charge is 0.322 e. The third-order valence-electron chi connectivity index (χ3n) is 5.01. The van der Waals surface area contributed by atoms with E-state index in [4.69, 9.17) is 18.6 Å². The van der Waals surface area contributed by atoms with E-state index in [1.54, 1.807) is 30.3 Å². The Balaban J connectivity index is 1.46. The SMILES string of the molecule is COc1cc(-c2nnc(NC(=O)c3ccc(NS(=O)(=O)c4ccccc4)cc3)o2)cc(OC)c1OC. The van der Waals surface area contributed by atoms with Crippen LogP contribution in [0, 0.1) is 0 Å². The van der Waals surface area contributed by atoms with Crippen molar-refractivity contribution in [1.82, 2.24) is 10.2 Å². The number of rotatable bonds is 9. The first-order valence-corrected chi connectivity index (χ1v) is 12.0. The maximum absolute atomic E-state index is 12.6. The molecular formula is C24H22N4O7S. The highest BCUT2D eigenvalue weighted by atomic mass is 32.2. The van der Waals surface area contributed by atoms with E-state index in [1.165, 1.54) is 57.7 Å². The summed E-state index contributed by atoms with van der Waals surface area (Å²) in [4.78, 5) is 12.8. The first-order valence-electron chi connectivity index (χ1n) is 10.5. The van der Waals surface area contributed by atoms with E-state index < -0.39 is 15.9 Å². The molecule has 0 aliphatic heterocycles.